The molecule has 0 spiro atoms. The summed E-state index contributed by atoms with van der Waals surface area (Å²) in [5, 5.41) is 4.49. The lowest BCUT2D eigenvalue weighted by molar-refractivity contribution is -0.145. The largest absolute Gasteiger partial charge is 0.467 e. The van der Waals surface area contributed by atoms with Crippen molar-refractivity contribution in [2.24, 2.45) is 5.92 Å². The molecule has 0 radical (unpaired) electrons. The van der Waals surface area contributed by atoms with Gasteiger partial charge in [-0.05, 0) is 42.7 Å². The second kappa shape index (κ2) is 9.72. The van der Waals surface area contributed by atoms with Crippen molar-refractivity contribution in [3.05, 3.63) is 17.5 Å². The predicted octanol–water partition coefficient (Wildman–Crippen LogP) is 1.56. The zero-order chi connectivity index (χ0) is 19.2. The maximum atomic E-state index is 12.5. The van der Waals surface area contributed by atoms with Crippen molar-refractivity contribution in [3.8, 4) is 0 Å². The van der Waals surface area contributed by atoms with Crippen LogP contribution in [0, 0.1) is 5.92 Å². The van der Waals surface area contributed by atoms with Gasteiger partial charge < -0.3 is 10.1 Å². The first-order chi connectivity index (χ1) is 12.4. The monoisotopic (exact) mass is 420 g/mol. The number of nitrogens with one attached hydrogen (secondary N) is 1. The maximum Gasteiger partial charge on any atom is 0.328 e. The molecule has 7 nitrogen and oxygen atoms in total. The number of hydrogen-bond acceptors (Lipinski definition) is 7. The number of piperidine rings is 1. The molecule has 26 heavy (non-hydrogen) atoms. The van der Waals surface area contributed by atoms with Crippen molar-refractivity contribution in [2.45, 2.75) is 29.5 Å². The van der Waals surface area contributed by atoms with Crippen LogP contribution in [0.3, 0.4) is 0 Å². The van der Waals surface area contributed by atoms with Crippen molar-refractivity contribution in [1.82, 2.24) is 9.62 Å². The minimum absolute atomic E-state index is 0.213. The van der Waals surface area contributed by atoms with E-state index in [0.717, 1.165) is 5.75 Å². The smallest absolute Gasteiger partial charge is 0.328 e. The number of thioether (sulfide) groups is 1. The first kappa shape index (κ1) is 21.2. The predicted molar refractivity (Wildman–Crippen MR) is 103 cm³/mol. The highest BCUT2D eigenvalue weighted by Gasteiger charge is 2.33. The molecule has 1 fully saturated rings. The van der Waals surface area contributed by atoms with Crippen LogP contribution in [0.2, 0.25) is 0 Å². The van der Waals surface area contributed by atoms with Gasteiger partial charge in [0.25, 0.3) is 10.0 Å². The highest BCUT2D eigenvalue weighted by atomic mass is 32.2. The van der Waals surface area contributed by atoms with Gasteiger partial charge in [-0.2, -0.15) is 16.1 Å². The molecular weight excluding hydrogens is 396 g/mol. The van der Waals surface area contributed by atoms with E-state index >= 15 is 0 Å². The summed E-state index contributed by atoms with van der Waals surface area (Å²) in [4.78, 5) is 24.3. The van der Waals surface area contributed by atoms with E-state index in [0.29, 0.717) is 36.6 Å². The minimum Gasteiger partial charge on any atom is -0.467 e. The summed E-state index contributed by atoms with van der Waals surface area (Å²) in [6.45, 7) is 0.595. The zero-order valence-electron chi connectivity index (χ0n) is 14.8. The van der Waals surface area contributed by atoms with Gasteiger partial charge in [0.2, 0.25) is 5.91 Å². The fraction of sp³-hybridized carbons (Fsp3) is 0.625. The molecule has 1 N–H and O–H groups in total. The van der Waals surface area contributed by atoms with Gasteiger partial charge in [0, 0.05) is 19.0 Å². The van der Waals surface area contributed by atoms with Crippen LogP contribution in [0.5, 0.6) is 0 Å². The number of hydrogen-bond donors (Lipinski definition) is 1. The quantitative estimate of drug-likeness (QED) is 0.642. The van der Waals surface area contributed by atoms with Crippen LogP contribution in [0.4, 0.5) is 0 Å². The van der Waals surface area contributed by atoms with E-state index in [1.807, 2.05) is 6.26 Å². The van der Waals surface area contributed by atoms with Crippen molar-refractivity contribution in [1.29, 1.82) is 0 Å². The van der Waals surface area contributed by atoms with Gasteiger partial charge >= 0.3 is 5.97 Å². The summed E-state index contributed by atoms with van der Waals surface area (Å²) in [7, 11) is -2.18. The van der Waals surface area contributed by atoms with Gasteiger partial charge in [-0.25, -0.2) is 13.2 Å². The van der Waals surface area contributed by atoms with Crippen molar-refractivity contribution < 1.29 is 22.7 Å². The van der Waals surface area contributed by atoms with E-state index in [1.54, 1.807) is 29.3 Å². The van der Waals surface area contributed by atoms with Gasteiger partial charge in [0.15, 0.2) is 0 Å². The van der Waals surface area contributed by atoms with Crippen LogP contribution < -0.4 is 5.32 Å². The molecule has 2 rings (SSSR count). The first-order valence-corrected chi connectivity index (χ1v) is 12.0. The summed E-state index contributed by atoms with van der Waals surface area (Å²) in [6.07, 6.45) is 3.31. The minimum atomic E-state index is -3.48. The number of esters is 1. The number of amides is 1. The Morgan fingerprint density at radius 1 is 1.42 bits per heavy atom. The van der Waals surface area contributed by atoms with Crippen molar-refractivity contribution >= 4 is 45.0 Å². The molecule has 0 saturated carbocycles. The zero-order valence-corrected chi connectivity index (χ0v) is 17.3. The van der Waals surface area contributed by atoms with E-state index in [-0.39, 0.29) is 11.8 Å². The Morgan fingerprint density at radius 2 is 2.12 bits per heavy atom. The Hall–Kier alpha value is -1.10. The number of carbonyl (C=O) groups is 2. The normalized spacial score (nSPS) is 17.6. The Kier molecular flexibility index (Phi) is 7.93. The molecule has 1 aromatic heterocycles. The third-order valence-electron chi connectivity index (χ3n) is 4.33. The molecule has 10 heteroatoms. The lowest BCUT2D eigenvalue weighted by atomic mass is 9.96. The number of ether oxygens (including phenoxy) is 1. The van der Waals surface area contributed by atoms with E-state index in [9.17, 15) is 18.0 Å². The Bertz CT molecular complexity index is 697. The van der Waals surface area contributed by atoms with Crippen LogP contribution in [0.25, 0.3) is 0 Å². The van der Waals surface area contributed by atoms with E-state index in [4.69, 9.17) is 4.74 Å². The number of carbonyl (C=O) groups excluding carboxylic acids is 2. The van der Waals surface area contributed by atoms with E-state index in [1.165, 1.54) is 22.8 Å². The summed E-state index contributed by atoms with van der Waals surface area (Å²) in [5.41, 5.74) is 0. The average molecular weight is 421 g/mol. The lowest BCUT2D eigenvalue weighted by Crippen LogP contribution is -2.48. The standard InChI is InChI=1S/C16H24N2O5S3/c1-23-16(20)13(7-11-24-2)17-15(19)12-5-8-18(9-6-12)26(21,22)14-4-3-10-25-14/h3-4,10,12-13H,5-9,11H2,1-2H3,(H,17,19)/t13-/m1/s1. The molecular formula is C16H24N2O5S3. The third kappa shape index (κ3) is 5.21. The van der Waals surface area contributed by atoms with E-state index in [2.05, 4.69) is 5.32 Å². The fourth-order valence-corrected chi connectivity index (χ4v) is 5.90. The van der Waals surface area contributed by atoms with Crippen molar-refractivity contribution in [3.63, 3.8) is 0 Å². The summed E-state index contributed by atoms with van der Waals surface area (Å²) >= 11 is 2.78. The van der Waals surface area contributed by atoms with Gasteiger partial charge in [-0.1, -0.05) is 6.07 Å². The topological polar surface area (TPSA) is 92.8 Å². The second-order valence-corrected chi connectivity index (χ2v) is 10.1. The number of methoxy groups -OCH3 is 1. The van der Waals surface area contributed by atoms with Gasteiger partial charge in [0.05, 0.1) is 7.11 Å². The van der Waals surface area contributed by atoms with Gasteiger partial charge in [-0.3, -0.25) is 4.79 Å². The molecule has 1 atom stereocenters. The second-order valence-electron chi connectivity index (χ2n) is 5.98. The van der Waals surface area contributed by atoms with Crippen LogP contribution in [0.15, 0.2) is 21.7 Å². The fourth-order valence-electron chi connectivity index (χ4n) is 2.81. The number of nitrogens with zero attached hydrogens (tertiary/aromatic N) is 1. The molecule has 1 aromatic rings. The van der Waals surface area contributed by atoms with Crippen LogP contribution in [-0.4, -0.2) is 62.8 Å². The first-order valence-electron chi connectivity index (χ1n) is 8.31. The molecule has 0 aromatic carbocycles. The Labute approximate surface area is 162 Å². The van der Waals surface area contributed by atoms with Crippen molar-refractivity contribution in [2.75, 3.05) is 32.2 Å². The van der Waals surface area contributed by atoms with Gasteiger partial charge in [-0.15, -0.1) is 11.3 Å². The molecule has 1 amide bonds. The third-order valence-corrected chi connectivity index (χ3v) is 8.24. The SMILES string of the molecule is COC(=O)[C@@H](CCSC)NC(=O)C1CCN(S(=O)(=O)c2cccs2)CC1. The van der Waals surface area contributed by atoms with E-state index < -0.39 is 22.0 Å². The highest BCUT2D eigenvalue weighted by Crippen LogP contribution is 2.26. The Balaban J connectivity index is 1.92. The molecule has 1 aliphatic rings. The average Bonchev–Trinajstić information content (AvgIpc) is 3.20. The summed E-state index contributed by atoms with van der Waals surface area (Å²) in [5.74, 6) is -0.233. The number of thiophene rings is 1. The Morgan fingerprint density at radius 3 is 2.65 bits per heavy atom. The molecule has 146 valence electrons. The summed E-state index contributed by atoms with van der Waals surface area (Å²) < 4.78 is 31.5. The number of sulfonamides is 1. The summed E-state index contributed by atoms with van der Waals surface area (Å²) in [6, 6.07) is 2.64. The maximum absolute atomic E-state index is 12.5. The van der Waals surface area contributed by atoms with Crippen LogP contribution in [-0.2, 0) is 24.3 Å². The highest BCUT2D eigenvalue weighted by molar-refractivity contribution is 7.98. The molecule has 0 bridgehead atoms. The van der Waals surface area contributed by atoms with Crippen LogP contribution >= 0.6 is 23.1 Å². The number of rotatable bonds is 8. The molecule has 1 saturated heterocycles. The molecule has 2 heterocycles. The van der Waals surface area contributed by atoms with Crippen LogP contribution in [0.1, 0.15) is 19.3 Å². The molecule has 0 unspecified atom stereocenters. The molecule has 1 aliphatic heterocycles. The molecule has 0 aliphatic carbocycles. The lowest BCUT2D eigenvalue weighted by Gasteiger charge is -2.30. The van der Waals surface area contributed by atoms with Gasteiger partial charge in [0.1, 0.15) is 10.3 Å².